The van der Waals surface area contributed by atoms with Crippen molar-refractivity contribution in [2.24, 2.45) is 5.41 Å². The van der Waals surface area contributed by atoms with E-state index in [4.69, 9.17) is 4.43 Å². The predicted octanol–water partition coefficient (Wildman–Crippen LogP) is 5.94. The Kier molecular flexibility index (Phi) is 7.06. The highest BCUT2D eigenvalue weighted by molar-refractivity contribution is 6.77. The van der Waals surface area contributed by atoms with Gasteiger partial charge in [0.15, 0.2) is 5.76 Å². The lowest BCUT2D eigenvalue weighted by Gasteiger charge is -2.42. The van der Waals surface area contributed by atoms with Crippen LogP contribution in [0.4, 0.5) is 0 Å². The molecule has 0 aromatic rings. The number of hydrogen-bond donors (Lipinski definition) is 1. The van der Waals surface area contributed by atoms with Gasteiger partial charge in [-0.25, -0.2) is 0 Å². The topological polar surface area (TPSA) is 46.5 Å². The molecule has 0 heterocycles. The molecule has 0 saturated heterocycles. The lowest BCUT2D eigenvalue weighted by atomic mass is 9.82. The van der Waals surface area contributed by atoms with E-state index in [2.05, 4.69) is 54.5 Å². The highest BCUT2D eigenvalue weighted by Crippen LogP contribution is 2.42. The van der Waals surface area contributed by atoms with Gasteiger partial charge in [0.1, 0.15) is 0 Å². The number of hydrogen-bond acceptors (Lipinski definition) is 3. The van der Waals surface area contributed by atoms with Crippen molar-refractivity contribution >= 4 is 14.1 Å². The summed E-state index contributed by atoms with van der Waals surface area (Å²) in [5.41, 5.74) is 2.39. The van der Waals surface area contributed by atoms with Crippen molar-refractivity contribution in [3.05, 3.63) is 23.5 Å². The molecule has 4 heteroatoms. The second kappa shape index (κ2) is 8.00. The van der Waals surface area contributed by atoms with E-state index in [1.54, 1.807) is 6.08 Å². The summed E-state index contributed by atoms with van der Waals surface area (Å²) in [5, 5.41) is 9.56. The van der Waals surface area contributed by atoms with Gasteiger partial charge in [-0.15, -0.1) is 0 Å². The minimum Gasteiger partial charge on any atom is -0.505 e. The van der Waals surface area contributed by atoms with Gasteiger partial charge in [0.25, 0.3) is 0 Å². The molecule has 0 spiro atoms. The van der Waals surface area contributed by atoms with Gasteiger partial charge >= 0.3 is 0 Å². The molecule has 24 heavy (non-hydrogen) atoms. The normalized spacial score (nSPS) is 22.9. The molecule has 1 N–H and O–H groups in total. The molecular formula is C20H36O3Si. The van der Waals surface area contributed by atoms with Crippen molar-refractivity contribution in [2.45, 2.75) is 84.9 Å². The van der Waals surface area contributed by atoms with Crippen LogP contribution in [0.1, 0.15) is 68.2 Å². The number of aliphatic hydroxyl groups excluding tert-OH is 1. The van der Waals surface area contributed by atoms with Gasteiger partial charge in [0.2, 0.25) is 14.1 Å². The smallest absolute Gasteiger partial charge is 0.203 e. The van der Waals surface area contributed by atoms with Crippen LogP contribution in [0.2, 0.25) is 16.6 Å². The number of aliphatic hydroxyl groups is 1. The molecular weight excluding hydrogens is 316 g/mol. The molecule has 3 nitrogen and oxygen atoms in total. The monoisotopic (exact) mass is 352 g/mol. The Hall–Kier alpha value is -0.873. The second-order valence-corrected chi connectivity index (χ2v) is 14.0. The van der Waals surface area contributed by atoms with E-state index in [0.717, 1.165) is 0 Å². The average molecular weight is 353 g/mol. The van der Waals surface area contributed by atoms with E-state index in [1.807, 2.05) is 6.92 Å². The Balaban J connectivity index is 2.76. The highest BCUT2D eigenvalue weighted by atomic mass is 28.4. The first-order chi connectivity index (χ1) is 11.0. The van der Waals surface area contributed by atoms with Gasteiger partial charge in [0.05, 0.1) is 6.61 Å². The van der Waals surface area contributed by atoms with Crippen LogP contribution in [0.3, 0.4) is 0 Å². The minimum absolute atomic E-state index is 0.0781. The van der Waals surface area contributed by atoms with Crippen LogP contribution in [0.5, 0.6) is 0 Å². The highest BCUT2D eigenvalue weighted by Gasteiger charge is 2.45. The Morgan fingerprint density at radius 3 is 2.12 bits per heavy atom. The fourth-order valence-corrected chi connectivity index (χ4v) is 9.67. The van der Waals surface area contributed by atoms with E-state index in [0.29, 0.717) is 36.1 Å². The zero-order valence-electron chi connectivity index (χ0n) is 16.8. The van der Waals surface area contributed by atoms with E-state index < -0.39 is 13.7 Å². The lowest BCUT2D eigenvalue weighted by molar-refractivity contribution is -0.125. The molecule has 0 aromatic heterocycles. The zero-order valence-corrected chi connectivity index (χ0v) is 17.8. The molecule has 1 rings (SSSR count). The van der Waals surface area contributed by atoms with Crippen molar-refractivity contribution in [1.29, 1.82) is 0 Å². The second-order valence-electron chi connectivity index (χ2n) is 8.54. The number of rotatable bonds is 8. The maximum absolute atomic E-state index is 12.1. The van der Waals surface area contributed by atoms with Crippen LogP contribution in [0.15, 0.2) is 23.5 Å². The lowest BCUT2D eigenvalue weighted by Crippen LogP contribution is -2.48. The first-order valence-corrected chi connectivity index (χ1v) is 11.3. The van der Waals surface area contributed by atoms with Crippen LogP contribution in [0, 0.1) is 5.41 Å². The molecule has 1 aliphatic rings. The summed E-state index contributed by atoms with van der Waals surface area (Å²) >= 11 is 0. The van der Waals surface area contributed by atoms with Crippen molar-refractivity contribution in [3.8, 4) is 0 Å². The van der Waals surface area contributed by atoms with Crippen molar-refractivity contribution in [1.82, 2.24) is 0 Å². The molecule has 0 unspecified atom stereocenters. The van der Waals surface area contributed by atoms with E-state index >= 15 is 0 Å². The van der Waals surface area contributed by atoms with E-state index in [9.17, 15) is 9.90 Å². The molecule has 1 aliphatic carbocycles. The van der Waals surface area contributed by atoms with Gasteiger partial charge in [-0.2, -0.15) is 0 Å². The van der Waals surface area contributed by atoms with Gasteiger partial charge in [-0.1, -0.05) is 60.1 Å². The standard InChI is InChI=1S/C20H36O3Si/c1-14(2)24(15(3)4,16(5)6)23-13-17(7)9-11-20(8)12-10-18(21)19(20)22/h9-10,14-16,21H,11-13H2,1-8H3/t20-/m0/s1. The molecule has 1 atom stereocenters. The van der Waals surface area contributed by atoms with Crippen LogP contribution in [-0.2, 0) is 9.22 Å². The number of ketones is 1. The molecule has 0 bridgehead atoms. The van der Waals surface area contributed by atoms with E-state index in [1.165, 1.54) is 5.57 Å². The van der Waals surface area contributed by atoms with Crippen LogP contribution in [-0.4, -0.2) is 25.8 Å². The first-order valence-electron chi connectivity index (χ1n) is 9.21. The summed E-state index contributed by atoms with van der Waals surface area (Å²) < 4.78 is 6.60. The number of allylic oxidation sites excluding steroid dienone is 3. The molecule has 0 amide bonds. The summed E-state index contributed by atoms with van der Waals surface area (Å²) in [4.78, 5) is 12.1. The predicted molar refractivity (Wildman–Crippen MR) is 104 cm³/mol. The van der Waals surface area contributed by atoms with Crippen molar-refractivity contribution < 1.29 is 14.3 Å². The van der Waals surface area contributed by atoms with Gasteiger partial charge in [-0.05, 0) is 42.5 Å². The summed E-state index contributed by atoms with van der Waals surface area (Å²) in [6.45, 7) is 18.4. The van der Waals surface area contributed by atoms with Crippen molar-refractivity contribution in [3.63, 3.8) is 0 Å². The van der Waals surface area contributed by atoms with E-state index in [-0.39, 0.29) is 11.5 Å². The minimum atomic E-state index is -1.85. The third kappa shape index (κ3) is 4.20. The summed E-state index contributed by atoms with van der Waals surface area (Å²) in [6.07, 6.45) is 5.02. The third-order valence-corrected chi connectivity index (χ3v) is 11.7. The molecule has 138 valence electrons. The van der Waals surface area contributed by atoms with Crippen LogP contribution < -0.4 is 0 Å². The fourth-order valence-electron chi connectivity index (χ4n) is 4.19. The fraction of sp³-hybridized carbons (Fsp3) is 0.750. The Morgan fingerprint density at radius 2 is 1.75 bits per heavy atom. The van der Waals surface area contributed by atoms with Gasteiger partial charge < -0.3 is 9.53 Å². The summed E-state index contributed by atoms with van der Waals surface area (Å²) in [7, 11) is -1.85. The average Bonchev–Trinajstić information content (AvgIpc) is 2.73. The summed E-state index contributed by atoms with van der Waals surface area (Å²) in [5.74, 6) is -0.214. The van der Waals surface area contributed by atoms with Crippen LogP contribution >= 0.6 is 0 Å². The largest absolute Gasteiger partial charge is 0.505 e. The van der Waals surface area contributed by atoms with Gasteiger partial charge in [-0.3, -0.25) is 4.79 Å². The number of Topliss-reactive ketones (excluding diaryl/α,β-unsaturated/α-hetero) is 1. The number of carbonyl (C=O) groups is 1. The summed E-state index contributed by atoms with van der Waals surface area (Å²) in [6, 6.07) is 0. The maximum atomic E-state index is 12.1. The zero-order chi connectivity index (χ0) is 18.7. The molecule has 0 aliphatic heterocycles. The molecule has 0 fully saturated rings. The Morgan fingerprint density at radius 1 is 1.25 bits per heavy atom. The third-order valence-electron chi connectivity index (χ3n) is 5.68. The Bertz CT molecular complexity index is 495. The van der Waals surface area contributed by atoms with Gasteiger partial charge in [0, 0.05) is 5.41 Å². The maximum Gasteiger partial charge on any atom is 0.203 e. The SMILES string of the molecule is CC(=CC[C@@]1(C)CC=C(O)C1=O)CO[Si](C(C)C)(C(C)C)C(C)C. The molecule has 0 aromatic carbocycles. The number of carbonyl (C=O) groups excluding carboxylic acids is 1. The van der Waals surface area contributed by atoms with Crippen molar-refractivity contribution in [2.75, 3.05) is 6.61 Å². The first kappa shape index (κ1) is 21.2. The molecule has 0 radical (unpaired) electrons. The Labute approximate surface area is 149 Å². The molecule has 0 saturated carbocycles. The quantitative estimate of drug-likeness (QED) is 0.434. The van der Waals surface area contributed by atoms with Crippen LogP contribution in [0.25, 0.3) is 0 Å².